The first-order chi connectivity index (χ1) is 8.68. The number of carbonyl (C=O) groups is 1. The highest BCUT2D eigenvalue weighted by atomic mass is 19.2. The van der Waals surface area contributed by atoms with E-state index >= 15 is 0 Å². The Morgan fingerprint density at radius 3 is 3.00 bits per heavy atom. The number of nitrogens with one attached hydrogen (secondary N) is 2. The van der Waals surface area contributed by atoms with Crippen LogP contribution in [0, 0.1) is 17.6 Å². The van der Waals surface area contributed by atoms with Crippen molar-refractivity contribution in [2.45, 2.75) is 12.8 Å². The lowest BCUT2D eigenvalue weighted by atomic mass is 9.99. The summed E-state index contributed by atoms with van der Waals surface area (Å²) in [5, 5.41) is 5.88. The smallest absolute Gasteiger partial charge is 0.254 e. The summed E-state index contributed by atoms with van der Waals surface area (Å²) in [7, 11) is 0. The van der Waals surface area contributed by atoms with E-state index in [9.17, 15) is 13.6 Å². The average molecular weight is 254 g/mol. The maximum atomic E-state index is 13.4. The summed E-state index contributed by atoms with van der Waals surface area (Å²) in [5.74, 6) is -2.28. The minimum atomic E-state index is -1.09. The van der Waals surface area contributed by atoms with Crippen molar-refractivity contribution < 1.29 is 13.6 Å². The molecule has 0 aliphatic carbocycles. The van der Waals surface area contributed by atoms with Gasteiger partial charge in [-0.1, -0.05) is 6.07 Å². The van der Waals surface area contributed by atoms with E-state index in [1.165, 1.54) is 12.1 Å². The summed E-state index contributed by atoms with van der Waals surface area (Å²) < 4.78 is 26.3. The fourth-order valence-electron chi connectivity index (χ4n) is 2.11. The van der Waals surface area contributed by atoms with Gasteiger partial charge in [0.15, 0.2) is 11.6 Å². The van der Waals surface area contributed by atoms with Gasteiger partial charge in [-0.25, -0.2) is 8.78 Å². The predicted octanol–water partition coefficient (Wildman–Crippen LogP) is 1.69. The van der Waals surface area contributed by atoms with Gasteiger partial charge in [0.2, 0.25) is 0 Å². The zero-order chi connectivity index (χ0) is 13.0. The molecule has 1 aromatic rings. The molecule has 0 radical (unpaired) electrons. The highest BCUT2D eigenvalue weighted by molar-refractivity contribution is 5.94. The Morgan fingerprint density at radius 1 is 1.44 bits per heavy atom. The van der Waals surface area contributed by atoms with E-state index < -0.39 is 17.5 Å². The van der Waals surface area contributed by atoms with E-state index in [-0.39, 0.29) is 5.56 Å². The minimum Gasteiger partial charge on any atom is -0.352 e. The molecule has 0 bridgehead atoms. The van der Waals surface area contributed by atoms with Crippen LogP contribution in [0.3, 0.4) is 0 Å². The first-order valence-electron chi connectivity index (χ1n) is 6.11. The maximum absolute atomic E-state index is 13.4. The lowest BCUT2D eigenvalue weighted by molar-refractivity contribution is 0.0939. The molecule has 1 fully saturated rings. The standard InChI is InChI=1S/C13H16F2N2O/c14-11-5-1-4-10(12(11)15)13(18)17-8-9-3-2-6-16-7-9/h1,4-5,9,16H,2-3,6-8H2,(H,17,18). The second-order valence-corrected chi connectivity index (χ2v) is 4.52. The molecule has 1 aliphatic heterocycles. The van der Waals surface area contributed by atoms with Crippen molar-refractivity contribution in [3.05, 3.63) is 35.4 Å². The van der Waals surface area contributed by atoms with Gasteiger partial charge >= 0.3 is 0 Å². The SMILES string of the molecule is O=C(NCC1CCCNC1)c1cccc(F)c1F. The second-order valence-electron chi connectivity index (χ2n) is 4.52. The summed E-state index contributed by atoms with van der Waals surface area (Å²) in [6, 6.07) is 3.61. The van der Waals surface area contributed by atoms with Crippen LogP contribution >= 0.6 is 0 Å². The zero-order valence-corrected chi connectivity index (χ0v) is 10.0. The second kappa shape index (κ2) is 5.91. The quantitative estimate of drug-likeness (QED) is 0.862. The number of hydrogen-bond donors (Lipinski definition) is 2. The van der Waals surface area contributed by atoms with Crippen molar-refractivity contribution in [2.24, 2.45) is 5.92 Å². The largest absolute Gasteiger partial charge is 0.352 e. The van der Waals surface area contributed by atoms with Gasteiger partial charge in [0, 0.05) is 6.54 Å². The molecule has 1 atom stereocenters. The highest BCUT2D eigenvalue weighted by Gasteiger charge is 2.17. The number of carbonyl (C=O) groups excluding carboxylic acids is 1. The molecular weight excluding hydrogens is 238 g/mol. The van der Waals surface area contributed by atoms with Gasteiger partial charge in [0.1, 0.15) is 0 Å². The molecule has 1 amide bonds. The molecule has 5 heteroatoms. The molecule has 1 saturated heterocycles. The number of amides is 1. The summed E-state index contributed by atoms with van der Waals surface area (Å²) in [5.41, 5.74) is -0.237. The van der Waals surface area contributed by atoms with Crippen molar-refractivity contribution in [1.82, 2.24) is 10.6 Å². The molecule has 2 N–H and O–H groups in total. The van der Waals surface area contributed by atoms with E-state index in [1.54, 1.807) is 0 Å². The number of piperidine rings is 1. The Bertz CT molecular complexity index is 431. The van der Waals surface area contributed by atoms with Crippen LogP contribution in [0.25, 0.3) is 0 Å². The third-order valence-corrected chi connectivity index (χ3v) is 3.15. The normalized spacial score (nSPS) is 19.6. The molecule has 2 rings (SSSR count). The summed E-state index contributed by atoms with van der Waals surface area (Å²) in [4.78, 5) is 11.7. The van der Waals surface area contributed by atoms with Crippen molar-refractivity contribution >= 4 is 5.91 Å². The van der Waals surface area contributed by atoms with Crippen molar-refractivity contribution in [3.63, 3.8) is 0 Å². The third kappa shape index (κ3) is 3.04. The van der Waals surface area contributed by atoms with E-state index in [0.717, 1.165) is 32.0 Å². The van der Waals surface area contributed by atoms with Crippen LogP contribution in [-0.2, 0) is 0 Å². The molecule has 1 heterocycles. The summed E-state index contributed by atoms with van der Waals surface area (Å²) >= 11 is 0. The Morgan fingerprint density at radius 2 is 2.28 bits per heavy atom. The zero-order valence-electron chi connectivity index (χ0n) is 10.0. The topological polar surface area (TPSA) is 41.1 Å². The van der Waals surface area contributed by atoms with Gasteiger partial charge in [-0.05, 0) is 44.0 Å². The third-order valence-electron chi connectivity index (χ3n) is 3.15. The molecule has 1 aliphatic rings. The molecule has 1 aromatic carbocycles. The van der Waals surface area contributed by atoms with Crippen molar-refractivity contribution in [3.8, 4) is 0 Å². The molecule has 0 aromatic heterocycles. The molecular formula is C13H16F2N2O. The van der Waals surface area contributed by atoms with Gasteiger partial charge in [-0.2, -0.15) is 0 Å². The maximum Gasteiger partial charge on any atom is 0.254 e. The lowest BCUT2D eigenvalue weighted by Crippen LogP contribution is -2.38. The number of rotatable bonds is 3. The van der Waals surface area contributed by atoms with Gasteiger partial charge in [-0.3, -0.25) is 4.79 Å². The van der Waals surface area contributed by atoms with Crippen molar-refractivity contribution in [1.29, 1.82) is 0 Å². The Labute approximate surface area is 105 Å². The van der Waals surface area contributed by atoms with Gasteiger partial charge < -0.3 is 10.6 Å². The number of benzene rings is 1. The van der Waals surface area contributed by atoms with Crippen LogP contribution < -0.4 is 10.6 Å². The van der Waals surface area contributed by atoms with Crippen LogP contribution in [0.1, 0.15) is 23.2 Å². The van der Waals surface area contributed by atoms with E-state index in [0.29, 0.717) is 12.5 Å². The van der Waals surface area contributed by atoms with E-state index in [2.05, 4.69) is 10.6 Å². The monoisotopic (exact) mass is 254 g/mol. The Hall–Kier alpha value is -1.49. The van der Waals surface area contributed by atoms with E-state index in [4.69, 9.17) is 0 Å². The summed E-state index contributed by atoms with van der Waals surface area (Å²) in [6.45, 7) is 2.34. The highest BCUT2D eigenvalue weighted by Crippen LogP contribution is 2.12. The van der Waals surface area contributed by atoms with Gasteiger partial charge in [0.25, 0.3) is 5.91 Å². The molecule has 18 heavy (non-hydrogen) atoms. The van der Waals surface area contributed by atoms with Crippen LogP contribution in [0.2, 0.25) is 0 Å². The average Bonchev–Trinajstić information content (AvgIpc) is 2.40. The molecule has 98 valence electrons. The molecule has 0 spiro atoms. The first-order valence-corrected chi connectivity index (χ1v) is 6.11. The minimum absolute atomic E-state index is 0.237. The lowest BCUT2D eigenvalue weighted by Gasteiger charge is -2.22. The van der Waals surface area contributed by atoms with Crippen LogP contribution in [-0.4, -0.2) is 25.5 Å². The Balaban J connectivity index is 1.93. The molecule has 1 unspecified atom stereocenters. The summed E-state index contributed by atoms with van der Waals surface area (Å²) in [6.07, 6.45) is 2.12. The van der Waals surface area contributed by atoms with Crippen LogP contribution in [0.15, 0.2) is 18.2 Å². The van der Waals surface area contributed by atoms with E-state index in [1.807, 2.05) is 0 Å². The number of halogens is 2. The van der Waals surface area contributed by atoms with Crippen LogP contribution in [0.4, 0.5) is 8.78 Å². The first kappa shape index (κ1) is 13.0. The fraction of sp³-hybridized carbons (Fsp3) is 0.462. The Kier molecular flexibility index (Phi) is 4.25. The predicted molar refractivity (Wildman–Crippen MR) is 64.3 cm³/mol. The molecule has 3 nitrogen and oxygen atoms in total. The van der Waals surface area contributed by atoms with Crippen molar-refractivity contribution in [2.75, 3.05) is 19.6 Å². The van der Waals surface area contributed by atoms with Crippen LogP contribution in [0.5, 0.6) is 0 Å². The van der Waals surface area contributed by atoms with Gasteiger partial charge in [0.05, 0.1) is 5.56 Å². The molecule has 0 saturated carbocycles. The fourth-order valence-corrected chi connectivity index (χ4v) is 2.11. The van der Waals surface area contributed by atoms with Gasteiger partial charge in [-0.15, -0.1) is 0 Å². The number of hydrogen-bond acceptors (Lipinski definition) is 2.